The van der Waals surface area contributed by atoms with Crippen LogP contribution in [0.4, 0.5) is 22.0 Å². The average Bonchev–Trinajstić information content (AvgIpc) is 2.62. The number of nitrogens with one attached hydrogen (secondary N) is 1. The topological polar surface area (TPSA) is 103 Å². The summed E-state index contributed by atoms with van der Waals surface area (Å²) in [5.74, 6) is -0.616. The summed E-state index contributed by atoms with van der Waals surface area (Å²) in [4.78, 5) is 24.0. The maximum absolute atomic E-state index is 13.6. The van der Waals surface area contributed by atoms with Crippen molar-refractivity contribution in [2.45, 2.75) is 13.0 Å². The first-order valence-corrected chi connectivity index (χ1v) is 7.81. The van der Waals surface area contributed by atoms with Crippen LogP contribution in [0.5, 0.6) is 0 Å². The monoisotopic (exact) mass is 353 g/mol. The van der Waals surface area contributed by atoms with E-state index < -0.39 is 11.8 Å². The second-order valence-electron chi connectivity index (χ2n) is 5.35. The second-order valence-corrected chi connectivity index (χ2v) is 5.35. The molecular formula is C18H16FN5O2. The van der Waals surface area contributed by atoms with Gasteiger partial charge in [0.15, 0.2) is 12.4 Å². The predicted octanol–water partition coefficient (Wildman–Crippen LogP) is 2.62. The van der Waals surface area contributed by atoms with Crippen molar-refractivity contribution in [2.24, 2.45) is 0 Å². The van der Waals surface area contributed by atoms with E-state index in [4.69, 9.17) is 10.5 Å². The fourth-order valence-corrected chi connectivity index (χ4v) is 2.20. The van der Waals surface area contributed by atoms with Gasteiger partial charge in [0.2, 0.25) is 11.9 Å². The summed E-state index contributed by atoms with van der Waals surface area (Å²) < 4.78 is 18.7. The molecule has 0 unspecified atom stereocenters. The first-order chi connectivity index (χ1) is 12.6. The number of hydrogen-bond acceptors (Lipinski definition) is 7. The number of halogens is 1. The van der Waals surface area contributed by atoms with E-state index in [1.165, 1.54) is 12.1 Å². The molecule has 0 saturated heterocycles. The molecule has 3 N–H and O–H groups in total. The number of carbonyl (C=O) groups excluding carboxylic acids is 1. The first-order valence-electron chi connectivity index (χ1n) is 7.81. The lowest BCUT2D eigenvalue weighted by atomic mass is 10.1. The van der Waals surface area contributed by atoms with Crippen molar-refractivity contribution >= 4 is 23.6 Å². The summed E-state index contributed by atoms with van der Waals surface area (Å²) in [5.41, 5.74) is 6.71. The molecule has 0 atom stereocenters. The number of ether oxygens (including phenoxy) is 1. The van der Waals surface area contributed by atoms with Gasteiger partial charge in [-0.15, -0.1) is 0 Å². The highest BCUT2D eigenvalue weighted by Gasteiger charge is 2.11. The lowest BCUT2D eigenvalue weighted by Gasteiger charge is -2.08. The first kappa shape index (κ1) is 17.3. The Morgan fingerprint density at radius 3 is 2.54 bits per heavy atom. The van der Waals surface area contributed by atoms with Crippen LogP contribution in [0.2, 0.25) is 0 Å². The van der Waals surface area contributed by atoms with E-state index in [1.54, 1.807) is 12.1 Å². The molecule has 132 valence electrons. The van der Waals surface area contributed by atoms with E-state index in [0.717, 1.165) is 5.69 Å². The van der Waals surface area contributed by atoms with Gasteiger partial charge in [-0.3, -0.25) is 4.79 Å². The zero-order valence-corrected chi connectivity index (χ0v) is 13.7. The summed E-state index contributed by atoms with van der Waals surface area (Å²) in [7, 11) is 0. The molecule has 7 nitrogen and oxygen atoms in total. The van der Waals surface area contributed by atoms with Gasteiger partial charge in [0.1, 0.15) is 5.82 Å². The number of nitrogens with two attached hydrogens (primary N) is 1. The van der Waals surface area contributed by atoms with Gasteiger partial charge >= 0.3 is 5.97 Å². The average molecular weight is 353 g/mol. The van der Waals surface area contributed by atoms with Crippen molar-refractivity contribution in [1.82, 2.24) is 15.0 Å². The molecule has 0 radical (unpaired) electrons. The molecule has 0 aliphatic carbocycles. The highest BCUT2D eigenvalue weighted by Crippen LogP contribution is 2.13. The molecular weight excluding hydrogens is 337 g/mol. The van der Waals surface area contributed by atoms with Crippen molar-refractivity contribution < 1.29 is 13.9 Å². The van der Waals surface area contributed by atoms with Crippen LogP contribution in [0.15, 0.2) is 54.6 Å². The van der Waals surface area contributed by atoms with Crippen LogP contribution in [0.25, 0.3) is 0 Å². The van der Waals surface area contributed by atoms with E-state index >= 15 is 0 Å². The molecule has 0 amide bonds. The minimum Gasteiger partial charge on any atom is -0.457 e. The van der Waals surface area contributed by atoms with Gasteiger partial charge in [0.05, 0.1) is 6.42 Å². The molecule has 3 rings (SSSR count). The molecule has 0 fully saturated rings. The van der Waals surface area contributed by atoms with Gasteiger partial charge in [-0.05, 0) is 23.8 Å². The van der Waals surface area contributed by atoms with E-state index in [9.17, 15) is 9.18 Å². The number of nitrogens with zero attached hydrogens (tertiary/aromatic N) is 3. The van der Waals surface area contributed by atoms with Crippen LogP contribution in [-0.4, -0.2) is 20.9 Å². The molecule has 1 heterocycles. The molecule has 0 saturated carbocycles. The van der Waals surface area contributed by atoms with Crippen LogP contribution in [0, 0.1) is 5.82 Å². The number of aromatic nitrogens is 3. The Morgan fingerprint density at radius 2 is 1.77 bits per heavy atom. The number of hydrogen-bond donors (Lipinski definition) is 2. The summed E-state index contributed by atoms with van der Waals surface area (Å²) in [6.45, 7) is -0.191. The fourth-order valence-electron chi connectivity index (χ4n) is 2.20. The number of esters is 1. The number of nitrogen functional groups attached to an aromatic ring is 1. The molecule has 26 heavy (non-hydrogen) atoms. The normalized spacial score (nSPS) is 10.3. The van der Waals surface area contributed by atoms with Gasteiger partial charge in [0.25, 0.3) is 0 Å². The zero-order chi connectivity index (χ0) is 18.4. The molecule has 8 heteroatoms. The highest BCUT2D eigenvalue weighted by atomic mass is 19.1. The molecule has 0 spiro atoms. The maximum atomic E-state index is 13.6. The molecule has 1 aromatic heterocycles. The summed E-state index contributed by atoms with van der Waals surface area (Å²) in [5, 5.41) is 2.99. The van der Waals surface area contributed by atoms with Gasteiger partial charge < -0.3 is 15.8 Å². The molecule has 0 bridgehead atoms. The zero-order valence-electron chi connectivity index (χ0n) is 13.7. The highest BCUT2D eigenvalue weighted by molar-refractivity contribution is 5.72. The lowest BCUT2D eigenvalue weighted by molar-refractivity contribution is -0.144. The number of para-hydroxylation sites is 1. The van der Waals surface area contributed by atoms with Crippen molar-refractivity contribution in [3.8, 4) is 0 Å². The molecule has 3 aromatic rings. The van der Waals surface area contributed by atoms with E-state index in [0.29, 0.717) is 0 Å². The Labute approximate surface area is 149 Å². The second kappa shape index (κ2) is 8.02. The number of anilines is 3. The Balaban J connectivity index is 1.62. The third-order valence-electron chi connectivity index (χ3n) is 3.38. The predicted molar refractivity (Wildman–Crippen MR) is 93.9 cm³/mol. The molecule has 2 aromatic carbocycles. The third kappa shape index (κ3) is 4.73. The van der Waals surface area contributed by atoms with Gasteiger partial charge in [0, 0.05) is 5.69 Å². The van der Waals surface area contributed by atoms with Crippen LogP contribution in [0.3, 0.4) is 0 Å². The van der Waals surface area contributed by atoms with Crippen LogP contribution in [0.1, 0.15) is 11.4 Å². The SMILES string of the molecule is Nc1nc(COC(=O)Cc2ccccc2F)nc(Nc2ccccc2)n1. The van der Waals surface area contributed by atoms with Crippen molar-refractivity contribution in [1.29, 1.82) is 0 Å². The number of rotatable bonds is 6. The van der Waals surface area contributed by atoms with E-state index in [2.05, 4.69) is 20.3 Å². The Bertz CT molecular complexity index is 905. The third-order valence-corrected chi connectivity index (χ3v) is 3.38. The Hall–Kier alpha value is -3.55. The Kier molecular flexibility index (Phi) is 5.33. The smallest absolute Gasteiger partial charge is 0.310 e. The van der Waals surface area contributed by atoms with E-state index in [1.807, 2.05) is 30.3 Å². The summed E-state index contributed by atoms with van der Waals surface area (Å²) >= 11 is 0. The number of carbonyl (C=O) groups is 1. The van der Waals surface area contributed by atoms with E-state index in [-0.39, 0.29) is 36.3 Å². The van der Waals surface area contributed by atoms with Crippen molar-refractivity contribution in [3.63, 3.8) is 0 Å². The number of benzene rings is 2. The van der Waals surface area contributed by atoms with Crippen LogP contribution >= 0.6 is 0 Å². The largest absolute Gasteiger partial charge is 0.457 e. The summed E-state index contributed by atoms with van der Waals surface area (Å²) in [6.07, 6.45) is -0.178. The van der Waals surface area contributed by atoms with Crippen molar-refractivity contribution in [2.75, 3.05) is 11.1 Å². The minimum absolute atomic E-state index is 0.00131. The van der Waals surface area contributed by atoms with Crippen LogP contribution < -0.4 is 11.1 Å². The van der Waals surface area contributed by atoms with Crippen molar-refractivity contribution in [3.05, 3.63) is 71.8 Å². The van der Waals surface area contributed by atoms with Gasteiger partial charge in [-0.2, -0.15) is 15.0 Å². The lowest BCUT2D eigenvalue weighted by Crippen LogP contribution is -2.13. The Morgan fingerprint density at radius 1 is 1.04 bits per heavy atom. The van der Waals surface area contributed by atoms with Gasteiger partial charge in [-0.25, -0.2) is 4.39 Å². The standard InChI is InChI=1S/C18H16FN5O2/c19-14-9-5-4-6-12(14)10-16(25)26-11-15-22-17(20)24-18(23-15)21-13-7-2-1-3-8-13/h1-9H,10-11H2,(H3,20,21,22,23,24). The summed E-state index contributed by atoms with van der Waals surface area (Å²) in [6, 6.07) is 15.3. The molecule has 0 aliphatic rings. The van der Waals surface area contributed by atoms with Gasteiger partial charge in [-0.1, -0.05) is 36.4 Å². The molecule has 0 aliphatic heterocycles. The quantitative estimate of drug-likeness (QED) is 0.657. The fraction of sp³-hybridized carbons (Fsp3) is 0.111. The van der Waals surface area contributed by atoms with Crippen LogP contribution in [-0.2, 0) is 22.6 Å². The maximum Gasteiger partial charge on any atom is 0.310 e. The minimum atomic E-state index is -0.591.